The second-order valence-corrected chi connectivity index (χ2v) is 7.18. The van der Waals surface area contributed by atoms with E-state index in [4.69, 9.17) is 9.47 Å². The fourth-order valence-corrected chi connectivity index (χ4v) is 3.52. The van der Waals surface area contributed by atoms with E-state index in [0.717, 1.165) is 29.2 Å². The van der Waals surface area contributed by atoms with Crippen molar-refractivity contribution in [2.45, 2.75) is 12.3 Å². The number of para-hydroxylation sites is 1. The smallest absolute Gasteiger partial charge is 0.127 e. The molecule has 4 aromatic rings. The van der Waals surface area contributed by atoms with Gasteiger partial charge >= 0.3 is 0 Å². The van der Waals surface area contributed by atoms with Gasteiger partial charge in [-0.3, -0.25) is 0 Å². The van der Waals surface area contributed by atoms with Crippen LogP contribution < -0.4 is 9.47 Å². The van der Waals surface area contributed by atoms with E-state index in [1.54, 1.807) is 19.2 Å². The van der Waals surface area contributed by atoms with Gasteiger partial charge in [0.1, 0.15) is 23.0 Å². The summed E-state index contributed by atoms with van der Waals surface area (Å²) in [7, 11) is 1.67. The van der Waals surface area contributed by atoms with E-state index < -0.39 is 0 Å². The minimum Gasteiger partial charge on any atom is -0.508 e. The molecule has 0 radical (unpaired) electrons. The van der Waals surface area contributed by atoms with Gasteiger partial charge in [0.05, 0.1) is 7.11 Å². The number of methoxy groups -OCH3 is 1. The lowest BCUT2D eigenvalue weighted by Crippen LogP contribution is -2.05. The highest BCUT2D eigenvalue weighted by molar-refractivity contribution is 5.41. The van der Waals surface area contributed by atoms with Crippen LogP contribution in [0.5, 0.6) is 23.0 Å². The van der Waals surface area contributed by atoms with Crippen molar-refractivity contribution in [2.75, 3.05) is 7.11 Å². The van der Waals surface area contributed by atoms with Crippen molar-refractivity contribution < 1.29 is 14.6 Å². The Morgan fingerprint density at radius 2 is 1.17 bits per heavy atom. The molecule has 4 rings (SSSR count). The second-order valence-electron chi connectivity index (χ2n) is 7.18. The number of ether oxygens (including phenoxy) is 2. The number of rotatable bonds is 7. The highest BCUT2D eigenvalue weighted by atomic mass is 16.5. The van der Waals surface area contributed by atoms with Crippen molar-refractivity contribution in [1.82, 2.24) is 0 Å². The number of hydrogen-bond donors (Lipinski definition) is 1. The maximum Gasteiger partial charge on any atom is 0.127 e. The highest BCUT2D eigenvalue weighted by Gasteiger charge is 2.16. The standard InChI is InChI=1S/C27H24O3/c1-29-24-15-7-20(8-16-24)19-27(21-9-13-23(28)14-10-21)22-11-17-26(18-12-22)30-25-5-3-2-4-6-25/h2-18,27-28H,19H2,1H3. The van der Waals surface area contributed by atoms with Crippen LogP contribution in [0.25, 0.3) is 0 Å². The van der Waals surface area contributed by atoms with Crippen molar-refractivity contribution in [3.63, 3.8) is 0 Å². The number of phenols is 1. The quantitative estimate of drug-likeness (QED) is 0.384. The summed E-state index contributed by atoms with van der Waals surface area (Å²) < 4.78 is 11.2. The molecule has 1 atom stereocenters. The number of hydrogen-bond acceptors (Lipinski definition) is 3. The summed E-state index contributed by atoms with van der Waals surface area (Å²) in [5, 5.41) is 9.70. The van der Waals surface area contributed by atoms with Gasteiger partial charge in [-0.1, -0.05) is 54.6 Å². The summed E-state index contributed by atoms with van der Waals surface area (Å²) in [6, 6.07) is 33.6. The maximum absolute atomic E-state index is 9.70. The lowest BCUT2D eigenvalue weighted by atomic mass is 9.86. The molecule has 0 aromatic heterocycles. The lowest BCUT2D eigenvalue weighted by Gasteiger charge is -2.19. The van der Waals surface area contributed by atoms with Gasteiger partial charge in [-0.15, -0.1) is 0 Å². The van der Waals surface area contributed by atoms with Crippen LogP contribution in [-0.4, -0.2) is 12.2 Å². The van der Waals surface area contributed by atoms with Gasteiger partial charge < -0.3 is 14.6 Å². The molecule has 0 saturated heterocycles. The van der Waals surface area contributed by atoms with Crippen molar-refractivity contribution in [3.05, 3.63) is 120 Å². The first-order valence-corrected chi connectivity index (χ1v) is 9.96. The van der Waals surface area contributed by atoms with Crippen LogP contribution in [0.3, 0.4) is 0 Å². The lowest BCUT2D eigenvalue weighted by molar-refractivity contribution is 0.414. The minimum atomic E-state index is 0.157. The summed E-state index contributed by atoms with van der Waals surface area (Å²) in [6.07, 6.45) is 0.841. The van der Waals surface area contributed by atoms with E-state index in [0.29, 0.717) is 0 Å². The SMILES string of the molecule is COc1ccc(CC(c2ccc(O)cc2)c2ccc(Oc3ccccc3)cc2)cc1. The van der Waals surface area contributed by atoms with Crippen molar-refractivity contribution in [2.24, 2.45) is 0 Å². The zero-order valence-electron chi connectivity index (χ0n) is 16.9. The molecule has 1 N–H and O–H groups in total. The third-order valence-electron chi connectivity index (χ3n) is 5.16. The zero-order chi connectivity index (χ0) is 20.8. The van der Waals surface area contributed by atoms with Gasteiger partial charge in [-0.05, 0) is 71.6 Å². The van der Waals surface area contributed by atoms with Crippen LogP contribution in [-0.2, 0) is 6.42 Å². The van der Waals surface area contributed by atoms with Crippen molar-refractivity contribution >= 4 is 0 Å². The van der Waals surface area contributed by atoms with E-state index in [1.807, 2.05) is 66.7 Å². The Morgan fingerprint density at radius 1 is 0.633 bits per heavy atom. The molecule has 0 spiro atoms. The molecular formula is C27H24O3. The summed E-state index contributed by atoms with van der Waals surface area (Å²) >= 11 is 0. The van der Waals surface area contributed by atoms with Crippen LogP contribution in [0, 0.1) is 0 Å². The normalized spacial score (nSPS) is 11.6. The third-order valence-corrected chi connectivity index (χ3v) is 5.16. The average Bonchev–Trinajstić information content (AvgIpc) is 2.80. The molecule has 0 aliphatic rings. The number of phenolic OH excluding ortho intramolecular Hbond substituents is 1. The Kier molecular flexibility index (Phi) is 6.00. The Morgan fingerprint density at radius 3 is 1.77 bits per heavy atom. The van der Waals surface area contributed by atoms with Crippen molar-refractivity contribution in [3.8, 4) is 23.0 Å². The molecule has 0 amide bonds. The molecule has 4 aromatic carbocycles. The van der Waals surface area contributed by atoms with E-state index in [-0.39, 0.29) is 11.7 Å². The molecule has 0 saturated carbocycles. The molecule has 150 valence electrons. The van der Waals surface area contributed by atoms with Crippen LogP contribution in [0.2, 0.25) is 0 Å². The molecule has 1 unspecified atom stereocenters. The van der Waals surface area contributed by atoms with E-state index in [1.165, 1.54) is 11.1 Å². The van der Waals surface area contributed by atoms with Gasteiger partial charge in [-0.25, -0.2) is 0 Å². The van der Waals surface area contributed by atoms with Crippen LogP contribution in [0.4, 0.5) is 0 Å². The van der Waals surface area contributed by atoms with Crippen LogP contribution in [0.15, 0.2) is 103 Å². The summed E-state index contributed by atoms with van der Waals surface area (Å²) in [6.45, 7) is 0. The molecule has 0 fully saturated rings. The predicted molar refractivity (Wildman–Crippen MR) is 120 cm³/mol. The van der Waals surface area contributed by atoms with Gasteiger partial charge in [0.15, 0.2) is 0 Å². The first-order valence-electron chi connectivity index (χ1n) is 9.96. The number of benzene rings is 4. The molecule has 0 aliphatic heterocycles. The molecule has 0 heterocycles. The van der Waals surface area contributed by atoms with Crippen LogP contribution in [0.1, 0.15) is 22.6 Å². The zero-order valence-corrected chi connectivity index (χ0v) is 16.9. The fraction of sp³-hybridized carbons (Fsp3) is 0.111. The van der Waals surface area contributed by atoms with E-state index in [9.17, 15) is 5.11 Å². The highest BCUT2D eigenvalue weighted by Crippen LogP contribution is 2.32. The van der Waals surface area contributed by atoms with Gasteiger partial charge in [-0.2, -0.15) is 0 Å². The van der Waals surface area contributed by atoms with Gasteiger partial charge in [0.25, 0.3) is 0 Å². The maximum atomic E-state index is 9.70. The Balaban J connectivity index is 1.60. The number of aromatic hydroxyl groups is 1. The predicted octanol–water partition coefficient (Wildman–Crippen LogP) is 6.57. The molecule has 0 aliphatic carbocycles. The summed E-state index contributed by atoms with van der Waals surface area (Å²) in [5.41, 5.74) is 3.57. The molecular weight excluding hydrogens is 372 g/mol. The van der Waals surface area contributed by atoms with E-state index in [2.05, 4.69) is 24.3 Å². The molecule has 0 bridgehead atoms. The molecule has 30 heavy (non-hydrogen) atoms. The largest absolute Gasteiger partial charge is 0.508 e. The fourth-order valence-electron chi connectivity index (χ4n) is 3.52. The molecule has 3 nitrogen and oxygen atoms in total. The Bertz CT molecular complexity index is 1050. The summed E-state index contributed by atoms with van der Waals surface area (Å²) in [4.78, 5) is 0. The van der Waals surface area contributed by atoms with Gasteiger partial charge in [0.2, 0.25) is 0 Å². The Hall–Kier alpha value is -3.72. The van der Waals surface area contributed by atoms with E-state index >= 15 is 0 Å². The topological polar surface area (TPSA) is 38.7 Å². The molecule has 3 heteroatoms. The minimum absolute atomic E-state index is 0.157. The summed E-state index contributed by atoms with van der Waals surface area (Å²) in [5.74, 6) is 2.90. The second kappa shape index (κ2) is 9.19. The first-order chi connectivity index (χ1) is 14.7. The Labute approximate surface area is 177 Å². The van der Waals surface area contributed by atoms with Crippen molar-refractivity contribution in [1.29, 1.82) is 0 Å². The average molecular weight is 396 g/mol. The van der Waals surface area contributed by atoms with Crippen LogP contribution >= 0.6 is 0 Å². The monoisotopic (exact) mass is 396 g/mol. The van der Waals surface area contributed by atoms with Gasteiger partial charge in [0, 0.05) is 5.92 Å². The first kappa shape index (κ1) is 19.6. The third kappa shape index (κ3) is 4.81.